The summed E-state index contributed by atoms with van der Waals surface area (Å²) in [4.78, 5) is 10.6. The van der Waals surface area contributed by atoms with Gasteiger partial charge in [-0.1, -0.05) is 0 Å². The van der Waals surface area contributed by atoms with Gasteiger partial charge in [0.2, 0.25) is 5.91 Å². The summed E-state index contributed by atoms with van der Waals surface area (Å²) < 4.78 is 0. The van der Waals surface area contributed by atoms with Gasteiger partial charge in [0, 0.05) is 0 Å². The average molecular weight is 146 g/mol. The van der Waals surface area contributed by atoms with Gasteiger partial charge in [-0.2, -0.15) is 0 Å². The van der Waals surface area contributed by atoms with Crippen LogP contribution in [0.2, 0.25) is 0 Å². The molecule has 0 aliphatic rings. The SMILES string of the molecule is CN[C@H](C(N)=O)C(C)(C)O. The first kappa shape index (κ1) is 9.39. The van der Waals surface area contributed by atoms with Crippen molar-refractivity contribution in [1.29, 1.82) is 0 Å². The third-order valence-corrected chi connectivity index (χ3v) is 1.28. The number of rotatable bonds is 3. The Bertz CT molecular complexity index is 128. The van der Waals surface area contributed by atoms with E-state index in [1.54, 1.807) is 7.05 Å². The number of carbonyl (C=O) groups is 1. The van der Waals surface area contributed by atoms with Crippen LogP contribution in [-0.2, 0) is 4.79 Å². The molecule has 4 N–H and O–H groups in total. The van der Waals surface area contributed by atoms with Gasteiger partial charge in [-0.3, -0.25) is 4.79 Å². The topological polar surface area (TPSA) is 75.3 Å². The minimum atomic E-state index is -1.10. The monoisotopic (exact) mass is 146 g/mol. The van der Waals surface area contributed by atoms with Gasteiger partial charge in [0.25, 0.3) is 0 Å². The minimum Gasteiger partial charge on any atom is -0.388 e. The van der Waals surface area contributed by atoms with Crippen molar-refractivity contribution in [3.8, 4) is 0 Å². The van der Waals surface area contributed by atoms with Gasteiger partial charge in [0.05, 0.1) is 5.60 Å². The van der Waals surface area contributed by atoms with Crippen molar-refractivity contribution in [1.82, 2.24) is 5.32 Å². The van der Waals surface area contributed by atoms with E-state index in [0.29, 0.717) is 0 Å². The number of nitrogens with one attached hydrogen (secondary N) is 1. The fourth-order valence-corrected chi connectivity index (χ4v) is 0.844. The molecule has 0 fully saturated rings. The van der Waals surface area contributed by atoms with Crippen molar-refractivity contribution in [2.45, 2.75) is 25.5 Å². The van der Waals surface area contributed by atoms with Crippen LogP contribution in [0.1, 0.15) is 13.8 Å². The number of hydrogen-bond acceptors (Lipinski definition) is 3. The van der Waals surface area contributed by atoms with Crippen LogP contribution in [0, 0.1) is 0 Å². The Morgan fingerprint density at radius 2 is 2.10 bits per heavy atom. The van der Waals surface area contributed by atoms with Crippen molar-refractivity contribution < 1.29 is 9.90 Å². The minimum absolute atomic E-state index is 0.546. The van der Waals surface area contributed by atoms with Gasteiger partial charge >= 0.3 is 0 Å². The number of primary amides is 1. The van der Waals surface area contributed by atoms with E-state index < -0.39 is 17.6 Å². The second kappa shape index (κ2) is 2.98. The summed E-state index contributed by atoms with van der Waals surface area (Å²) in [5, 5.41) is 11.9. The quantitative estimate of drug-likeness (QED) is 0.469. The van der Waals surface area contributed by atoms with Crippen molar-refractivity contribution in [2.75, 3.05) is 7.05 Å². The van der Waals surface area contributed by atoms with Crippen LogP contribution in [0.15, 0.2) is 0 Å². The van der Waals surface area contributed by atoms with Crippen LogP contribution < -0.4 is 11.1 Å². The largest absolute Gasteiger partial charge is 0.388 e. The maximum Gasteiger partial charge on any atom is 0.237 e. The predicted molar refractivity (Wildman–Crippen MR) is 38.3 cm³/mol. The molecule has 0 aromatic heterocycles. The van der Waals surface area contributed by atoms with Gasteiger partial charge in [-0.25, -0.2) is 0 Å². The fourth-order valence-electron chi connectivity index (χ4n) is 0.844. The highest BCUT2D eigenvalue weighted by Gasteiger charge is 2.29. The first-order chi connectivity index (χ1) is 4.39. The average Bonchev–Trinajstić information content (AvgIpc) is 1.60. The van der Waals surface area contributed by atoms with Crippen LogP contribution in [0.4, 0.5) is 0 Å². The molecule has 0 heterocycles. The lowest BCUT2D eigenvalue weighted by Gasteiger charge is -2.25. The summed E-state index contributed by atoms with van der Waals surface area (Å²) in [6, 6.07) is -0.688. The molecule has 0 bridgehead atoms. The molecule has 0 radical (unpaired) electrons. The molecule has 10 heavy (non-hydrogen) atoms. The highest BCUT2D eigenvalue weighted by atomic mass is 16.3. The fraction of sp³-hybridized carbons (Fsp3) is 0.833. The number of hydrogen-bond donors (Lipinski definition) is 3. The van der Waals surface area contributed by atoms with Crippen molar-refractivity contribution in [3.63, 3.8) is 0 Å². The molecular formula is C6H14N2O2. The zero-order valence-electron chi connectivity index (χ0n) is 6.51. The third-order valence-electron chi connectivity index (χ3n) is 1.28. The van der Waals surface area contributed by atoms with Crippen LogP contribution in [-0.4, -0.2) is 29.7 Å². The van der Waals surface area contributed by atoms with E-state index >= 15 is 0 Å². The molecule has 4 nitrogen and oxygen atoms in total. The Labute approximate surface area is 60.4 Å². The molecule has 0 spiro atoms. The summed E-state index contributed by atoms with van der Waals surface area (Å²) >= 11 is 0. The number of likely N-dealkylation sites (N-methyl/N-ethyl adjacent to an activating group) is 1. The zero-order chi connectivity index (χ0) is 8.36. The summed E-state index contributed by atoms with van der Waals surface area (Å²) in [7, 11) is 1.58. The van der Waals surface area contributed by atoms with Crippen molar-refractivity contribution >= 4 is 5.91 Å². The molecule has 0 aliphatic heterocycles. The molecule has 4 heteroatoms. The third kappa shape index (κ3) is 2.33. The molecule has 60 valence electrons. The summed E-state index contributed by atoms with van der Waals surface area (Å²) in [5.74, 6) is -0.546. The summed E-state index contributed by atoms with van der Waals surface area (Å²) in [6.07, 6.45) is 0. The van der Waals surface area contributed by atoms with E-state index in [1.807, 2.05) is 0 Å². The van der Waals surface area contributed by atoms with Crippen LogP contribution in [0.5, 0.6) is 0 Å². The van der Waals surface area contributed by atoms with E-state index in [0.717, 1.165) is 0 Å². The molecule has 0 unspecified atom stereocenters. The lowest BCUT2D eigenvalue weighted by atomic mass is 9.99. The summed E-state index contributed by atoms with van der Waals surface area (Å²) in [6.45, 7) is 3.05. The highest BCUT2D eigenvalue weighted by molar-refractivity contribution is 5.81. The molecule has 0 aliphatic carbocycles. The molecular weight excluding hydrogens is 132 g/mol. The molecule has 0 aromatic rings. The van der Waals surface area contributed by atoms with E-state index in [2.05, 4.69) is 5.32 Å². The smallest absolute Gasteiger partial charge is 0.237 e. The predicted octanol–water partition coefficient (Wildman–Crippen LogP) is -1.17. The van der Waals surface area contributed by atoms with Gasteiger partial charge in [-0.15, -0.1) is 0 Å². The first-order valence-electron chi connectivity index (χ1n) is 3.08. The highest BCUT2D eigenvalue weighted by Crippen LogP contribution is 2.06. The van der Waals surface area contributed by atoms with Gasteiger partial charge in [0.15, 0.2) is 0 Å². The Hall–Kier alpha value is -0.610. The number of amides is 1. The Morgan fingerprint density at radius 3 is 2.10 bits per heavy atom. The molecule has 0 saturated heterocycles. The number of nitrogens with two attached hydrogens (primary N) is 1. The van der Waals surface area contributed by atoms with E-state index in [9.17, 15) is 9.90 Å². The van der Waals surface area contributed by atoms with E-state index in [-0.39, 0.29) is 0 Å². The van der Waals surface area contributed by atoms with Gasteiger partial charge in [-0.05, 0) is 20.9 Å². The van der Waals surface area contributed by atoms with E-state index in [1.165, 1.54) is 13.8 Å². The standard InChI is InChI=1S/C6H14N2O2/c1-6(2,10)4(8-3)5(7)9/h4,8,10H,1-3H3,(H2,7,9)/t4-/m1/s1. The Morgan fingerprint density at radius 1 is 1.70 bits per heavy atom. The molecule has 0 aromatic carbocycles. The van der Waals surface area contributed by atoms with Gasteiger partial charge < -0.3 is 16.2 Å². The number of aliphatic hydroxyl groups is 1. The zero-order valence-corrected chi connectivity index (χ0v) is 6.51. The van der Waals surface area contributed by atoms with Crippen LogP contribution >= 0.6 is 0 Å². The Balaban J connectivity index is 4.22. The Kier molecular flexibility index (Phi) is 2.80. The second-order valence-electron chi connectivity index (χ2n) is 2.78. The molecule has 1 amide bonds. The lowest BCUT2D eigenvalue weighted by Crippen LogP contribution is -2.53. The van der Waals surface area contributed by atoms with Crippen molar-refractivity contribution in [3.05, 3.63) is 0 Å². The van der Waals surface area contributed by atoms with Crippen LogP contribution in [0.3, 0.4) is 0 Å². The van der Waals surface area contributed by atoms with Crippen molar-refractivity contribution in [2.24, 2.45) is 5.73 Å². The molecule has 0 rings (SSSR count). The van der Waals surface area contributed by atoms with E-state index in [4.69, 9.17) is 5.73 Å². The van der Waals surface area contributed by atoms with Crippen LogP contribution in [0.25, 0.3) is 0 Å². The maximum atomic E-state index is 10.6. The maximum absolute atomic E-state index is 10.6. The first-order valence-corrected chi connectivity index (χ1v) is 3.08. The molecule has 0 saturated carbocycles. The van der Waals surface area contributed by atoms with Gasteiger partial charge in [0.1, 0.15) is 6.04 Å². The normalized spacial score (nSPS) is 14.8. The summed E-state index contributed by atoms with van der Waals surface area (Å²) in [5.41, 5.74) is 3.88. The second-order valence-corrected chi connectivity index (χ2v) is 2.78. The lowest BCUT2D eigenvalue weighted by molar-refractivity contribution is -0.125. The molecule has 1 atom stereocenters. The number of carbonyl (C=O) groups excluding carboxylic acids is 1.